The molecule has 1 saturated carbocycles. The Morgan fingerprint density at radius 1 is 1.25 bits per heavy atom. The van der Waals surface area contributed by atoms with Gasteiger partial charge in [0, 0.05) is 19.1 Å². The molecule has 0 saturated heterocycles. The third-order valence-electron chi connectivity index (χ3n) is 3.86. The monoisotopic (exact) mass is 219 g/mol. The molecule has 2 heteroatoms. The lowest BCUT2D eigenvalue weighted by Crippen LogP contribution is -2.41. The normalized spacial score (nSPS) is 18.1. The van der Waals surface area contributed by atoms with E-state index in [9.17, 15) is 0 Å². The highest BCUT2D eigenvalue weighted by Crippen LogP contribution is 2.42. The third-order valence-corrected chi connectivity index (χ3v) is 3.86. The van der Waals surface area contributed by atoms with Crippen molar-refractivity contribution in [2.75, 3.05) is 20.3 Å². The summed E-state index contributed by atoms with van der Waals surface area (Å²) in [6.45, 7) is 1.58. The second-order valence-electron chi connectivity index (χ2n) is 4.78. The van der Waals surface area contributed by atoms with Crippen molar-refractivity contribution in [3.8, 4) is 0 Å². The van der Waals surface area contributed by atoms with Crippen molar-refractivity contribution < 1.29 is 4.74 Å². The highest BCUT2D eigenvalue weighted by molar-refractivity contribution is 5.31. The van der Waals surface area contributed by atoms with Gasteiger partial charge in [-0.2, -0.15) is 0 Å². The van der Waals surface area contributed by atoms with Crippen molar-refractivity contribution in [2.45, 2.75) is 31.1 Å². The lowest BCUT2D eigenvalue weighted by molar-refractivity contribution is 0.202. The highest BCUT2D eigenvalue weighted by atomic mass is 16.5. The average Bonchev–Trinajstić information content (AvgIpc) is 2.27. The van der Waals surface area contributed by atoms with Gasteiger partial charge in [0.1, 0.15) is 0 Å². The molecule has 1 aromatic rings. The van der Waals surface area contributed by atoms with Crippen LogP contribution in [-0.4, -0.2) is 20.3 Å². The summed E-state index contributed by atoms with van der Waals surface area (Å²) in [5.74, 6) is 0. The fourth-order valence-corrected chi connectivity index (χ4v) is 2.46. The van der Waals surface area contributed by atoms with Gasteiger partial charge in [-0.05, 0) is 30.4 Å². The molecule has 1 aliphatic rings. The van der Waals surface area contributed by atoms with Crippen molar-refractivity contribution in [3.05, 3.63) is 35.4 Å². The molecule has 0 aliphatic heterocycles. The summed E-state index contributed by atoms with van der Waals surface area (Å²) in [5, 5.41) is 0. The molecule has 0 bridgehead atoms. The molecular formula is C14H21NO. The van der Waals surface area contributed by atoms with E-state index in [1.807, 2.05) is 0 Å². The Kier molecular flexibility index (Phi) is 3.62. The molecule has 1 aromatic carbocycles. The zero-order chi connectivity index (χ0) is 11.4. The van der Waals surface area contributed by atoms with Gasteiger partial charge < -0.3 is 10.5 Å². The summed E-state index contributed by atoms with van der Waals surface area (Å²) in [6, 6.07) is 8.92. The average molecular weight is 219 g/mol. The van der Waals surface area contributed by atoms with Crippen LogP contribution in [0.15, 0.2) is 24.3 Å². The van der Waals surface area contributed by atoms with Gasteiger partial charge in [0.15, 0.2) is 0 Å². The Balaban J connectivity index is 2.06. The Bertz CT molecular complexity index is 322. The second-order valence-corrected chi connectivity index (χ2v) is 4.78. The van der Waals surface area contributed by atoms with Crippen molar-refractivity contribution in [2.24, 2.45) is 5.73 Å². The van der Waals surface area contributed by atoms with E-state index < -0.39 is 0 Å². The summed E-state index contributed by atoms with van der Waals surface area (Å²) >= 11 is 0. The van der Waals surface area contributed by atoms with Crippen molar-refractivity contribution in [1.29, 1.82) is 0 Å². The van der Waals surface area contributed by atoms with Crippen LogP contribution in [-0.2, 0) is 16.6 Å². The number of hydrogen-bond donors (Lipinski definition) is 1. The fourth-order valence-electron chi connectivity index (χ4n) is 2.46. The van der Waals surface area contributed by atoms with Crippen LogP contribution >= 0.6 is 0 Å². The molecule has 16 heavy (non-hydrogen) atoms. The molecule has 0 atom stereocenters. The molecule has 0 amide bonds. The van der Waals surface area contributed by atoms with Crippen LogP contribution in [0.25, 0.3) is 0 Å². The van der Waals surface area contributed by atoms with Crippen molar-refractivity contribution in [1.82, 2.24) is 0 Å². The van der Waals surface area contributed by atoms with Gasteiger partial charge >= 0.3 is 0 Å². The predicted octanol–water partition coefficient (Wildman–Crippen LogP) is 2.26. The van der Waals surface area contributed by atoms with Crippen LogP contribution in [0.2, 0.25) is 0 Å². The molecule has 2 N–H and O–H groups in total. The van der Waals surface area contributed by atoms with Crippen LogP contribution in [0.5, 0.6) is 0 Å². The maximum absolute atomic E-state index is 5.90. The Labute approximate surface area is 97.8 Å². The largest absolute Gasteiger partial charge is 0.384 e. The fraction of sp³-hybridized carbons (Fsp3) is 0.571. The summed E-state index contributed by atoms with van der Waals surface area (Å²) < 4.78 is 5.08. The molecule has 2 rings (SSSR count). The number of benzene rings is 1. The van der Waals surface area contributed by atoms with E-state index in [1.54, 1.807) is 7.11 Å². The van der Waals surface area contributed by atoms with Gasteiger partial charge in [0.05, 0.1) is 6.61 Å². The second kappa shape index (κ2) is 4.98. The minimum Gasteiger partial charge on any atom is -0.384 e. The lowest BCUT2D eigenvalue weighted by Gasteiger charge is -2.41. The first-order valence-electron chi connectivity index (χ1n) is 6.09. The zero-order valence-corrected chi connectivity index (χ0v) is 10.0. The summed E-state index contributed by atoms with van der Waals surface area (Å²) in [6.07, 6.45) is 4.82. The quantitative estimate of drug-likeness (QED) is 0.824. The van der Waals surface area contributed by atoms with Gasteiger partial charge in [-0.15, -0.1) is 0 Å². The van der Waals surface area contributed by atoms with Crippen LogP contribution < -0.4 is 5.73 Å². The van der Waals surface area contributed by atoms with E-state index in [-0.39, 0.29) is 0 Å². The van der Waals surface area contributed by atoms with E-state index in [4.69, 9.17) is 10.5 Å². The number of nitrogens with two attached hydrogens (primary N) is 1. The number of rotatable bonds is 5. The standard InChI is InChI=1S/C14H21NO/c1-16-10-7-12-3-5-13(6-4-12)14(11-15)8-2-9-14/h3-6H,2,7-11,15H2,1H3. The highest BCUT2D eigenvalue weighted by Gasteiger charge is 2.36. The first kappa shape index (κ1) is 11.6. The first-order chi connectivity index (χ1) is 7.80. The molecular weight excluding hydrogens is 198 g/mol. The number of methoxy groups -OCH3 is 1. The van der Waals surface area contributed by atoms with Crippen LogP contribution in [0.3, 0.4) is 0 Å². The van der Waals surface area contributed by atoms with Crippen LogP contribution in [0, 0.1) is 0 Å². The van der Waals surface area contributed by atoms with Gasteiger partial charge in [-0.3, -0.25) is 0 Å². The minimum atomic E-state index is 0.291. The van der Waals surface area contributed by atoms with Crippen LogP contribution in [0.4, 0.5) is 0 Å². The molecule has 0 radical (unpaired) electrons. The molecule has 0 unspecified atom stereocenters. The lowest BCUT2D eigenvalue weighted by atomic mass is 9.64. The summed E-state index contributed by atoms with van der Waals surface area (Å²) in [4.78, 5) is 0. The molecule has 2 nitrogen and oxygen atoms in total. The first-order valence-corrected chi connectivity index (χ1v) is 6.09. The number of hydrogen-bond acceptors (Lipinski definition) is 2. The Morgan fingerprint density at radius 2 is 1.94 bits per heavy atom. The SMILES string of the molecule is COCCc1ccc(C2(CN)CCC2)cc1. The maximum atomic E-state index is 5.90. The topological polar surface area (TPSA) is 35.2 Å². The molecule has 88 valence electrons. The molecule has 1 fully saturated rings. The van der Waals surface area contributed by atoms with Crippen molar-refractivity contribution >= 4 is 0 Å². The van der Waals surface area contributed by atoms with Gasteiger partial charge in [-0.25, -0.2) is 0 Å². The summed E-state index contributed by atoms with van der Waals surface area (Å²) in [7, 11) is 1.74. The van der Waals surface area contributed by atoms with Crippen LogP contribution in [0.1, 0.15) is 30.4 Å². The zero-order valence-electron chi connectivity index (χ0n) is 10.0. The van der Waals surface area contributed by atoms with E-state index >= 15 is 0 Å². The molecule has 0 aromatic heterocycles. The molecule has 0 heterocycles. The van der Waals surface area contributed by atoms with Gasteiger partial charge in [-0.1, -0.05) is 30.7 Å². The van der Waals surface area contributed by atoms with E-state index in [0.29, 0.717) is 5.41 Å². The molecule has 1 aliphatic carbocycles. The third kappa shape index (κ3) is 2.13. The Morgan fingerprint density at radius 3 is 2.38 bits per heavy atom. The van der Waals surface area contributed by atoms with E-state index in [1.165, 1.54) is 30.4 Å². The van der Waals surface area contributed by atoms with Gasteiger partial charge in [0.25, 0.3) is 0 Å². The van der Waals surface area contributed by atoms with Gasteiger partial charge in [0.2, 0.25) is 0 Å². The smallest absolute Gasteiger partial charge is 0.0502 e. The van der Waals surface area contributed by atoms with E-state index in [2.05, 4.69) is 24.3 Å². The maximum Gasteiger partial charge on any atom is 0.0502 e. The van der Waals surface area contributed by atoms with E-state index in [0.717, 1.165) is 19.6 Å². The minimum absolute atomic E-state index is 0.291. The Hall–Kier alpha value is -0.860. The number of ether oxygens (including phenoxy) is 1. The summed E-state index contributed by atoms with van der Waals surface area (Å²) in [5.41, 5.74) is 8.95. The molecule has 0 spiro atoms. The van der Waals surface area contributed by atoms with Crippen molar-refractivity contribution in [3.63, 3.8) is 0 Å². The predicted molar refractivity (Wildman–Crippen MR) is 66.6 cm³/mol.